The molecule has 0 bridgehead atoms. The lowest BCUT2D eigenvalue weighted by Gasteiger charge is -2.25. The highest BCUT2D eigenvalue weighted by Gasteiger charge is 2.16. The summed E-state index contributed by atoms with van der Waals surface area (Å²) in [6, 6.07) is 7.75. The molecule has 0 fully saturated rings. The molecule has 0 aromatic heterocycles. The van der Waals surface area contributed by atoms with Gasteiger partial charge in [-0.1, -0.05) is 13.8 Å². The van der Waals surface area contributed by atoms with Crippen molar-refractivity contribution in [2.24, 2.45) is 5.41 Å². The zero-order valence-corrected chi connectivity index (χ0v) is 10.2. The van der Waals surface area contributed by atoms with E-state index in [0.29, 0.717) is 0 Å². The summed E-state index contributed by atoms with van der Waals surface area (Å²) >= 11 is 0. The molecule has 0 aliphatic heterocycles. The van der Waals surface area contributed by atoms with Crippen LogP contribution in [0.5, 0.6) is 0 Å². The maximum atomic E-state index is 8.81. The molecule has 0 aliphatic rings. The van der Waals surface area contributed by atoms with Crippen molar-refractivity contribution in [1.29, 1.82) is 0 Å². The first-order valence-electron chi connectivity index (χ1n) is 5.74. The number of aliphatic hydroxyl groups is 1. The summed E-state index contributed by atoms with van der Waals surface area (Å²) in [6.07, 6.45) is 1.88. The number of anilines is 2. The molecule has 0 radical (unpaired) electrons. The van der Waals surface area contributed by atoms with Crippen LogP contribution < -0.4 is 11.1 Å². The number of nitrogens with two attached hydrogens (primary N) is 1. The van der Waals surface area contributed by atoms with E-state index in [1.54, 1.807) is 0 Å². The first-order chi connectivity index (χ1) is 7.53. The lowest BCUT2D eigenvalue weighted by molar-refractivity contribution is 0.248. The van der Waals surface area contributed by atoms with E-state index in [4.69, 9.17) is 10.8 Å². The second-order valence-electron chi connectivity index (χ2n) is 4.97. The highest BCUT2D eigenvalue weighted by molar-refractivity contribution is 5.51. The molecule has 0 saturated heterocycles. The maximum absolute atomic E-state index is 8.81. The van der Waals surface area contributed by atoms with Crippen LogP contribution in [0.15, 0.2) is 24.3 Å². The number of aliphatic hydroxyl groups excluding tert-OH is 1. The highest BCUT2D eigenvalue weighted by Crippen LogP contribution is 2.23. The van der Waals surface area contributed by atoms with Crippen molar-refractivity contribution >= 4 is 11.4 Å². The van der Waals surface area contributed by atoms with Gasteiger partial charge >= 0.3 is 0 Å². The zero-order valence-electron chi connectivity index (χ0n) is 10.2. The van der Waals surface area contributed by atoms with Crippen LogP contribution in [0.3, 0.4) is 0 Å². The summed E-state index contributed by atoms with van der Waals surface area (Å²) in [5, 5.41) is 12.2. The van der Waals surface area contributed by atoms with E-state index in [1.165, 1.54) is 0 Å². The van der Waals surface area contributed by atoms with Gasteiger partial charge in [-0.3, -0.25) is 0 Å². The lowest BCUT2D eigenvalue weighted by atomic mass is 9.88. The van der Waals surface area contributed by atoms with E-state index < -0.39 is 0 Å². The van der Waals surface area contributed by atoms with Crippen molar-refractivity contribution in [1.82, 2.24) is 0 Å². The van der Waals surface area contributed by atoms with Crippen molar-refractivity contribution in [3.63, 3.8) is 0 Å². The molecule has 90 valence electrons. The number of nitrogen functional groups attached to an aromatic ring is 1. The smallest absolute Gasteiger partial charge is 0.0431 e. The summed E-state index contributed by atoms with van der Waals surface area (Å²) in [4.78, 5) is 0. The summed E-state index contributed by atoms with van der Waals surface area (Å²) < 4.78 is 0. The van der Waals surface area contributed by atoms with Gasteiger partial charge in [0.05, 0.1) is 0 Å². The minimum absolute atomic E-state index is 0.199. The van der Waals surface area contributed by atoms with E-state index in [-0.39, 0.29) is 12.0 Å². The normalized spacial score (nSPS) is 11.4. The number of benzene rings is 1. The van der Waals surface area contributed by atoms with Gasteiger partial charge < -0.3 is 16.2 Å². The van der Waals surface area contributed by atoms with E-state index in [1.807, 2.05) is 24.3 Å². The minimum Gasteiger partial charge on any atom is -0.399 e. The Morgan fingerprint density at radius 1 is 1.25 bits per heavy atom. The van der Waals surface area contributed by atoms with Crippen molar-refractivity contribution in [3.05, 3.63) is 24.3 Å². The Hall–Kier alpha value is -1.22. The Morgan fingerprint density at radius 2 is 1.88 bits per heavy atom. The monoisotopic (exact) mass is 222 g/mol. The average Bonchev–Trinajstić information content (AvgIpc) is 2.26. The molecule has 1 aromatic carbocycles. The third-order valence-electron chi connectivity index (χ3n) is 2.69. The number of rotatable bonds is 6. The van der Waals surface area contributed by atoms with Gasteiger partial charge in [-0.2, -0.15) is 0 Å². The number of nitrogens with one attached hydrogen (secondary N) is 1. The third kappa shape index (κ3) is 4.53. The molecule has 0 atom stereocenters. The average molecular weight is 222 g/mol. The molecule has 0 aliphatic carbocycles. The Morgan fingerprint density at radius 3 is 2.44 bits per heavy atom. The quantitative estimate of drug-likeness (QED) is 0.648. The number of hydrogen-bond donors (Lipinski definition) is 3. The van der Waals surface area contributed by atoms with Crippen LogP contribution in [-0.2, 0) is 0 Å². The summed E-state index contributed by atoms with van der Waals surface area (Å²) in [5.41, 5.74) is 7.69. The molecule has 3 heteroatoms. The second kappa shape index (κ2) is 5.75. The van der Waals surface area contributed by atoms with Crippen LogP contribution in [0.1, 0.15) is 26.7 Å². The predicted octanol–water partition coefficient (Wildman–Crippen LogP) is 2.48. The molecule has 3 nitrogen and oxygen atoms in total. The van der Waals surface area contributed by atoms with Gasteiger partial charge in [-0.05, 0) is 42.5 Å². The third-order valence-corrected chi connectivity index (χ3v) is 2.69. The maximum Gasteiger partial charge on any atom is 0.0431 e. The van der Waals surface area contributed by atoms with Gasteiger partial charge in [0.1, 0.15) is 0 Å². The Labute approximate surface area is 97.7 Å². The van der Waals surface area contributed by atoms with Gasteiger partial charge in [0.25, 0.3) is 0 Å². The molecule has 0 amide bonds. The van der Waals surface area contributed by atoms with Crippen LogP contribution in [0, 0.1) is 5.41 Å². The molecular weight excluding hydrogens is 200 g/mol. The molecule has 4 N–H and O–H groups in total. The topological polar surface area (TPSA) is 58.3 Å². The minimum atomic E-state index is 0.199. The zero-order chi connectivity index (χ0) is 12.0. The molecule has 0 unspecified atom stereocenters. The van der Waals surface area contributed by atoms with Crippen molar-refractivity contribution in [2.75, 3.05) is 24.2 Å². The Balaban J connectivity index is 2.41. The second-order valence-corrected chi connectivity index (χ2v) is 4.97. The first-order valence-corrected chi connectivity index (χ1v) is 5.74. The Bertz CT molecular complexity index is 306. The Kier molecular flexibility index (Phi) is 4.62. The molecule has 1 aromatic rings. The van der Waals surface area contributed by atoms with Crippen LogP contribution in [0.25, 0.3) is 0 Å². The lowest BCUT2D eigenvalue weighted by Crippen LogP contribution is -2.23. The van der Waals surface area contributed by atoms with Crippen LogP contribution in [-0.4, -0.2) is 18.3 Å². The molecular formula is C13H22N2O. The molecule has 0 heterocycles. The van der Waals surface area contributed by atoms with Gasteiger partial charge in [-0.25, -0.2) is 0 Å². The largest absolute Gasteiger partial charge is 0.399 e. The van der Waals surface area contributed by atoms with Crippen molar-refractivity contribution < 1.29 is 5.11 Å². The van der Waals surface area contributed by atoms with Gasteiger partial charge in [-0.15, -0.1) is 0 Å². The van der Waals surface area contributed by atoms with E-state index in [2.05, 4.69) is 19.2 Å². The summed E-state index contributed by atoms with van der Waals surface area (Å²) in [5.74, 6) is 0. The summed E-state index contributed by atoms with van der Waals surface area (Å²) in [7, 11) is 0. The van der Waals surface area contributed by atoms with Gasteiger partial charge in [0.2, 0.25) is 0 Å². The number of hydrogen-bond acceptors (Lipinski definition) is 3. The van der Waals surface area contributed by atoms with Gasteiger partial charge in [0.15, 0.2) is 0 Å². The fourth-order valence-electron chi connectivity index (χ4n) is 1.59. The fraction of sp³-hybridized carbons (Fsp3) is 0.538. The predicted molar refractivity (Wildman–Crippen MR) is 69.4 cm³/mol. The van der Waals surface area contributed by atoms with E-state index in [9.17, 15) is 0 Å². The molecule has 1 rings (SSSR count). The summed E-state index contributed by atoms with van der Waals surface area (Å²) in [6.45, 7) is 5.57. The molecule has 0 saturated carbocycles. The molecule has 0 spiro atoms. The SMILES string of the molecule is CC(C)(CCCO)CNc1ccc(N)cc1. The van der Waals surface area contributed by atoms with Crippen LogP contribution in [0.2, 0.25) is 0 Å². The van der Waals surface area contributed by atoms with E-state index in [0.717, 1.165) is 30.8 Å². The fourth-order valence-corrected chi connectivity index (χ4v) is 1.59. The van der Waals surface area contributed by atoms with Crippen LogP contribution in [0.4, 0.5) is 11.4 Å². The molecule has 16 heavy (non-hydrogen) atoms. The van der Waals surface area contributed by atoms with Crippen LogP contribution >= 0.6 is 0 Å². The standard InChI is InChI=1S/C13H22N2O/c1-13(2,8-3-9-16)10-15-12-6-4-11(14)5-7-12/h4-7,15-16H,3,8-10,14H2,1-2H3. The van der Waals surface area contributed by atoms with Gasteiger partial charge in [0, 0.05) is 24.5 Å². The van der Waals surface area contributed by atoms with Crippen molar-refractivity contribution in [2.45, 2.75) is 26.7 Å². The first kappa shape index (κ1) is 12.8. The van der Waals surface area contributed by atoms with Crippen molar-refractivity contribution in [3.8, 4) is 0 Å². The highest BCUT2D eigenvalue weighted by atomic mass is 16.2. The van der Waals surface area contributed by atoms with E-state index >= 15 is 0 Å².